The molecule has 0 bridgehead atoms. The van der Waals surface area contributed by atoms with Crippen molar-refractivity contribution in [2.45, 2.75) is 25.4 Å². The molecule has 1 saturated heterocycles. The van der Waals surface area contributed by atoms with Crippen LogP contribution in [0.1, 0.15) is 18.4 Å². The van der Waals surface area contributed by atoms with Gasteiger partial charge < -0.3 is 5.73 Å². The molecule has 0 radical (unpaired) electrons. The molecule has 0 atom stereocenters. The maximum atomic E-state index is 13.4. The molecule has 1 aliphatic heterocycles. The molecule has 0 spiro atoms. The Hall–Kier alpha value is -0.420. The van der Waals surface area contributed by atoms with Crippen LogP contribution < -0.4 is 5.73 Å². The fourth-order valence-electron chi connectivity index (χ4n) is 2.02. The van der Waals surface area contributed by atoms with Crippen LogP contribution in [0.3, 0.4) is 0 Å². The van der Waals surface area contributed by atoms with Crippen molar-refractivity contribution in [3.05, 3.63) is 35.4 Å². The normalized spacial score (nSPS) is 16.8. The number of halogens is 4. The van der Waals surface area contributed by atoms with Gasteiger partial charge in [-0.2, -0.15) is 0 Å². The van der Waals surface area contributed by atoms with E-state index >= 15 is 0 Å². The minimum atomic E-state index is -0.463. The molecule has 1 fully saturated rings. The lowest BCUT2D eigenvalue weighted by atomic mass is 10.1. The Labute approximate surface area is 118 Å². The molecule has 2 N–H and O–H groups in total. The SMILES string of the molecule is Cl.Cl.NC1CCN(Cc2c(F)cccc2F)CC1. The Bertz CT molecular complexity index is 349. The number of hydrogen-bond acceptors (Lipinski definition) is 2. The molecule has 1 aromatic rings. The average Bonchev–Trinajstić information content (AvgIpc) is 2.26. The summed E-state index contributed by atoms with van der Waals surface area (Å²) in [5, 5.41) is 0. The lowest BCUT2D eigenvalue weighted by Crippen LogP contribution is -2.39. The molecule has 0 saturated carbocycles. The van der Waals surface area contributed by atoms with Crippen molar-refractivity contribution in [1.29, 1.82) is 0 Å². The van der Waals surface area contributed by atoms with Gasteiger partial charge in [-0.25, -0.2) is 8.78 Å². The Morgan fingerprint density at radius 1 is 1.11 bits per heavy atom. The van der Waals surface area contributed by atoms with Crippen molar-refractivity contribution in [2.75, 3.05) is 13.1 Å². The predicted molar refractivity (Wildman–Crippen MR) is 73.3 cm³/mol. The van der Waals surface area contributed by atoms with Crippen LogP contribution in [0.25, 0.3) is 0 Å². The van der Waals surface area contributed by atoms with Crippen molar-refractivity contribution in [3.63, 3.8) is 0 Å². The van der Waals surface area contributed by atoms with E-state index in [9.17, 15) is 8.78 Å². The summed E-state index contributed by atoms with van der Waals surface area (Å²) in [6.07, 6.45) is 1.80. The molecule has 0 amide bonds. The molecular weight excluding hydrogens is 281 g/mol. The minimum absolute atomic E-state index is 0. The number of hydrogen-bond donors (Lipinski definition) is 1. The molecule has 0 aliphatic carbocycles. The Morgan fingerprint density at radius 3 is 2.11 bits per heavy atom. The highest BCUT2D eigenvalue weighted by molar-refractivity contribution is 5.85. The third kappa shape index (κ3) is 4.35. The summed E-state index contributed by atoms with van der Waals surface area (Å²) in [7, 11) is 0. The molecule has 1 aliphatic rings. The molecule has 0 unspecified atom stereocenters. The van der Waals surface area contributed by atoms with E-state index in [1.165, 1.54) is 18.2 Å². The minimum Gasteiger partial charge on any atom is -0.328 e. The first-order valence-electron chi connectivity index (χ1n) is 5.57. The highest BCUT2D eigenvalue weighted by atomic mass is 35.5. The third-order valence-electron chi connectivity index (χ3n) is 3.08. The Morgan fingerprint density at radius 2 is 1.61 bits per heavy atom. The summed E-state index contributed by atoms with van der Waals surface area (Å²) in [5.74, 6) is -0.926. The number of rotatable bonds is 2. The first-order chi connectivity index (χ1) is 7.66. The van der Waals surface area contributed by atoms with Crippen molar-refractivity contribution in [2.24, 2.45) is 5.73 Å². The van der Waals surface area contributed by atoms with Gasteiger partial charge in [0.1, 0.15) is 11.6 Å². The Balaban J connectivity index is 0.00000144. The molecule has 104 valence electrons. The van der Waals surface area contributed by atoms with Gasteiger partial charge in [-0.15, -0.1) is 24.8 Å². The molecule has 2 nitrogen and oxygen atoms in total. The van der Waals surface area contributed by atoms with Gasteiger partial charge in [0, 0.05) is 18.2 Å². The van der Waals surface area contributed by atoms with Crippen LogP contribution >= 0.6 is 24.8 Å². The van der Waals surface area contributed by atoms with Crippen molar-refractivity contribution < 1.29 is 8.78 Å². The summed E-state index contributed by atoms with van der Waals surface area (Å²) >= 11 is 0. The van der Waals surface area contributed by atoms with Crippen LogP contribution in [0.4, 0.5) is 8.78 Å². The Kier molecular flexibility index (Phi) is 7.71. The van der Waals surface area contributed by atoms with Gasteiger partial charge in [0.2, 0.25) is 0 Å². The quantitative estimate of drug-likeness (QED) is 0.910. The summed E-state index contributed by atoms with van der Waals surface area (Å²) in [5.41, 5.74) is 5.94. The molecule has 6 heteroatoms. The third-order valence-corrected chi connectivity index (χ3v) is 3.08. The van der Waals surface area contributed by atoms with Gasteiger partial charge in [0.25, 0.3) is 0 Å². The lowest BCUT2D eigenvalue weighted by Gasteiger charge is -2.30. The van der Waals surface area contributed by atoms with Gasteiger partial charge >= 0.3 is 0 Å². The van der Waals surface area contributed by atoms with Crippen LogP contribution in [-0.2, 0) is 6.54 Å². The zero-order chi connectivity index (χ0) is 11.5. The van der Waals surface area contributed by atoms with Crippen molar-refractivity contribution in [1.82, 2.24) is 4.90 Å². The van der Waals surface area contributed by atoms with Crippen LogP contribution in [-0.4, -0.2) is 24.0 Å². The lowest BCUT2D eigenvalue weighted by molar-refractivity contribution is 0.201. The molecule has 0 aromatic heterocycles. The second kappa shape index (κ2) is 7.89. The van der Waals surface area contributed by atoms with Crippen LogP contribution in [0.5, 0.6) is 0 Å². The van der Waals surface area contributed by atoms with Crippen LogP contribution in [0, 0.1) is 11.6 Å². The van der Waals surface area contributed by atoms with E-state index in [1.807, 2.05) is 4.90 Å². The summed E-state index contributed by atoms with van der Waals surface area (Å²) in [6.45, 7) is 1.97. The topological polar surface area (TPSA) is 29.3 Å². The number of benzene rings is 1. The van der Waals surface area contributed by atoms with Gasteiger partial charge in [0.15, 0.2) is 0 Å². The standard InChI is InChI=1S/C12H16F2N2.2ClH/c13-11-2-1-3-12(14)10(11)8-16-6-4-9(15)5-7-16;;/h1-3,9H,4-8,15H2;2*1H. The molecule has 1 aromatic carbocycles. The highest BCUT2D eigenvalue weighted by Crippen LogP contribution is 2.17. The first-order valence-corrected chi connectivity index (χ1v) is 5.57. The molecular formula is C12H18Cl2F2N2. The summed E-state index contributed by atoms with van der Waals surface area (Å²) in [6, 6.07) is 4.23. The van der Waals surface area contributed by atoms with Gasteiger partial charge in [0.05, 0.1) is 0 Å². The molecule has 1 heterocycles. The average molecular weight is 299 g/mol. The van der Waals surface area contributed by atoms with Gasteiger partial charge in [-0.1, -0.05) is 6.07 Å². The highest BCUT2D eigenvalue weighted by Gasteiger charge is 2.18. The maximum absolute atomic E-state index is 13.4. The second-order valence-electron chi connectivity index (χ2n) is 4.31. The largest absolute Gasteiger partial charge is 0.328 e. The maximum Gasteiger partial charge on any atom is 0.130 e. The van der Waals surface area contributed by atoms with E-state index in [0.29, 0.717) is 6.54 Å². The van der Waals surface area contributed by atoms with E-state index in [4.69, 9.17) is 5.73 Å². The number of piperidine rings is 1. The zero-order valence-corrected chi connectivity index (χ0v) is 11.6. The predicted octanol–water partition coefficient (Wildman–Crippen LogP) is 2.73. The van der Waals surface area contributed by atoms with Gasteiger partial charge in [-0.3, -0.25) is 4.90 Å². The van der Waals surface area contributed by atoms with Crippen molar-refractivity contribution in [3.8, 4) is 0 Å². The summed E-state index contributed by atoms with van der Waals surface area (Å²) in [4.78, 5) is 2.05. The number of nitrogens with two attached hydrogens (primary N) is 1. The van der Waals surface area contributed by atoms with E-state index in [2.05, 4.69) is 0 Å². The van der Waals surface area contributed by atoms with Crippen molar-refractivity contribution >= 4 is 24.8 Å². The fraction of sp³-hybridized carbons (Fsp3) is 0.500. The second-order valence-corrected chi connectivity index (χ2v) is 4.31. The van der Waals surface area contributed by atoms with E-state index < -0.39 is 11.6 Å². The van der Waals surface area contributed by atoms with Gasteiger partial charge in [-0.05, 0) is 38.1 Å². The number of nitrogens with zero attached hydrogens (tertiary/aromatic N) is 1. The van der Waals surface area contributed by atoms with E-state index in [1.54, 1.807) is 0 Å². The fourth-order valence-corrected chi connectivity index (χ4v) is 2.02. The first kappa shape index (κ1) is 17.6. The molecule has 18 heavy (non-hydrogen) atoms. The smallest absolute Gasteiger partial charge is 0.130 e. The number of likely N-dealkylation sites (tertiary alicyclic amines) is 1. The van der Waals surface area contributed by atoms with E-state index in [-0.39, 0.29) is 36.4 Å². The van der Waals surface area contributed by atoms with E-state index in [0.717, 1.165) is 25.9 Å². The molecule has 2 rings (SSSR count). The van der Waals surface area contributed by atoms with Crippen LogP contribution in [0.15, 0.2) is 18.2 Å². The van der Waals surface area contributed by atoms with Crippen LogP contribution in [0.2, 0.25) is 0 Å². The zero-order valence-electron chi connectivity index (χ0n) is 9.94. The monoisotopic (exact) mass is 298 g/mol. The summed E-state index contributed by atoms with van der Waals surface area (Å²) < 4.78 is 26.8.